The standard InChI is InChI=1S/C9H11ClN2O2/c1-2-14-8-4-3-6(5-7(8)10)9(13)12-11/h3-5H,2,11H2,1H3,(H,12,13). The van der Waals surface area contributed by atoms with E-state index in [-0.39, 0.29) is 5.91 Å². The summed E-state index contributed by atoms with van der Waals surface area (Å²) >= 11 is 5.86. The highest BCUT2D eigenvalue weighted by atomic mass is 35.5. The molecule has 0 aliphatic rings. The molecule has 0 atom stereocenters. The van der Waals surface area contributed by atoms with Gasteiger partial charge in [0.15, 0.2) is 0 Å². The zero-order valence-corrected chi connectivity index (χ0v) is 8.47. The van der Waals surface area contributed by atoms with Gasteiger partial charge in [0.25, 0.3) is 5.91 Å². The lowest BCUT2D eigenvalue weighted by molar-refractivity contribution is 0.0953. The average molecular weight is 215 g/mol. The molecule has 0 saturated heterocycles. The van der Waals surface area contributed by atoms with E-state index in [0.717, 1.165) is 0 Å². The van der Waals surface area contributed by atoms with Crippen LogP contribution in [0.3, 0.4) is 0 Å². The lowest BCUT2D eigenvalue weighted by atomic mass is 10.2. The van der Waals surface area contributed by atoms with Crippen LogP contribution in [0.5, 0.6) is 5.75 Å². The molecule has 3 N–H and O–H groups in total. The maximum absolute atomic E-state index is 11.1. The van der Waals surface area contributed by atoms with Crippen molar-refractivity contribution in [2.75, 3.05) is 6.61 Å². The van der Waals surface area contributed by atoms with Gasteiger partial charge < -0.3 is 4.74 Å². The van der Waals surface area contributed by atoms with Gasteiger partial charge in [-0.25, -0.2) is 5.84 Å². The van der Waals surface area contributed by atoms with E-state index in [1.54, 1.807) is 12.1 Å². The quantitative estimate of drug-likeness (QED) is 0.454. The maximum Gasteiger partial charge on any atom is 0.265 e. The minimum Gasteiger partial charge on any atom is -0.492 e. The largest absolute Gasteiger partial charge is 0.492 e. The highest BCUT2D eigenvalue weighted by Gasteiger charge is 2.07. The third-order valence-corrected chi connectivity index (χ3v) is 1.92. The summed E-state index contributed by atoms with van der Waals surface area (Å²) in [5, 5.41) is 0.396. The van der Waals surface area contributed by atoms with Crippen molar-refractivity contribution in [3.8, 4) is 5.75 Å². The van der Waals surface area contributed by atoms with Gasteiger partial charge in [0.1, 0.15) is 5.75 Å². The number of nitrogen functional groups attached to an aromatic ring is 1. The number of halogens is 1. The fourth-order valence-corrected chi connectivity index (χ4v) is 1.23. The van der Waals surface area contributed by atoms with Gasteiger partial charge in [-0.1, -0.05) is 11.6 Å². The Morgan fingerprint density at radius 3 is 2.86 bits per heavy atom. The third kappa shape index (κ3) is 2.37. The Morgan fingerprint density at radius 2 is 2.36 bits per heavy atom. The van der Waals surface area contributed by atoms with Crippen molar-refractivity contribution in [2.45, 2.75) is 6.92 Å². The van der Waals surface area contributed by atoms with Gasteiger partial charge in [-0.05, 0) is 25.1 Å². The van der Waals surface area contributed by atoms with Crippen LogP contribution in [0.4, 0.5) is 0 Å². The molecule has 14 heavy (non-hydrogen) atoms. The minimum atomic E-state index is -0.380. The first kappa shape index (κ1) is 10.8. The maximum atomic E-state index is 11.1. The summed E-state index contributed by atoms with van der Waals surface area (Å²) in [7, 11) is 0. The van der Waals surface area contributed by atoms with Gasteiger partial charge in [-0.2, -0.15) is 0 Å². The molecule has 1 amide bonds. The van der Waals surface area contributed by atoms with E-state index in [9.17, 15) is 4.79 Å². The Morgan fingerprint density at radius 1 is 1.64 bits per heavy atom. The molecular formula is C9H11ClN2O2. The normalized spacial score (nSPS) is 9.64. The predicted molar refractivity (Wildman–Crippen MR) is 54.3 cm³/mol. The van der Waals surface area contributed by atoms with E-state index < -0.39 is 0 Å². The summed E-state index contributed by atoms with van der Waals surface area (Å²) in [5.41, 5.74) is 2.43. The Kier molecular flexibility index (Phi) is 3.73. The number of hydrazine groups is 1. The molecule has 0 aliphatic carbocycles. The van der Waals surface area contributed by atoms with Crippen LogP contribution in [0.15, 0.2) is 18.2 Å². The monoisotopic (exact) mass is 214 g/mol. The molecule has 0 aromatic heterocycles. The van der Waals surface area contributed by atoms with Gasteiger partial charge in [0.05, 0.1) is 11.6 Å². The number of rotatable bonds is 3. The van der Waals surface area contributed by atoms with Crippen LogP contribution >= 0.6 is 11.6 Å². The lowest BCUT2D eigenvalue weighted by Crippen LogP contribution is -2.29. The molecule has 0 fully saturated rings. The number of nitrogens with two attached hydrogens (primary N) is 1. The summed E-state index contributed by atoms with van der Waals surface area (Å²) in [6.45, 7) is 2.39. The summed E-state index contributed by atoms with van der Waals surface area (Å²) in [6, 6.07) is 4.74. The second-order valence-corrected chi connectivity index (χ2v) is 2.96. The molecule has 0 heterocycles. The second-order valence-electron chi connectivity index (χ2n) is 2.55. The van der Waals surface area contributed by atoms with Gasteiger partial charge in [-0.15, -0.1) is 0 Å². The number of carbonyl (C=O) groups excluding carboxylic acids is 1. The molecule has 0 bridgehead atoms. The average Bonchev–Trinajstić information content (AvgIpc) is 2.20. The molecule has 0 unspecified atom stereocenters. The molecule has 1 rings (SSSR count). The summed E-state index contributed by atoms with van der Waals surface area (Å²) in [6.07, 6.45) is 0. The van der Waals surface area contributed by atoms with Crippen molar-refractivity contribution in [3.05, 3.63) is 28.8 Å². The van der Waals surface area contributed by atoms with E-state index in [1.165, 1.54) is 6.07 Å². The molecule has 4 nitrogen and oxygen atoms in total. The molecule has 0 radical (unpaired) electrons. The third-order valence-electron chi connectivity index (χ3n) is 1.63. The van der Waals surface area contributed by atoms with Crippen LogP contribution in [-0.2, 0) is 0 Å². The molecule has 0 aliphatic heterocycles. The van der Waals surface area contributed by atoms with E-state index in [0.29, 0.717) is 22.9 Å². The fraction of sp³-hybridized carbons (Fsp3) is 0.222. The Bertz CT molecular complexity index is 342. The molecule has 1 aromatic carbocycles. The molecule has 1 aromatic rings. The van der Waals surface area contributed by atoms with E-state index in [1.807, 2.05) is 12.3 Å². The van der Waals surface area contributed by atoms with Crippen LogP contribution in [0.2, 0.25) is 5.02 Å². The van der Waals surface area contributed by atoms with Crippen LogP contribution in [0, 0.1) is 0 Å². The Hall–Kier alpha value is -1.26. The number of benzene rings is 1. The van der Waals surface area contributed by atoms with E-state index in [2.05, 4.69) is 0 Å². The van der Waals surface area contributed by atoms with Crippen molar-refractivity contribution >= 4 is 17.5 Å². The summed E-state index contributed by atoms with van der Waals surface area (Å²) in [4.78, 5) is 11.1. The summed E-state index contributed by atoms with van der Waals surface area (Å²) in [5.74, 6) is 5.16. The van der Waals surface area contributed by atoms with Gasteiger partial charge >= 0.3 is 0 Å². The van der Waals surface area contributed by atoms with Crippen LogP contribution in [0.25, 0.3) is 0 Å². The van der Waals surface area contributed by atoms with Crippen molar-refractivity contribution in [3.63, 3.8) is 0 Å². The first-order valence-corrected chi connectivity index (χ1v) is 4.50. The van der Waals surface area contributed by atoms with Gasteiger partial charge in [-0.3, -0.25) is 10.2 Å². The second kappa shape index (κ2) is 4.83. The number of ether oxygens (including phenoxy) is 1. The first-order valence-electron chi connectivity index (χ1n) is 4.12. The molecule has 76 valence electrons. The molecule has 0 saturated carbocycles. The molecular weight excluding hydrogens is 204 g/mol. The van der Waals surface area contributed by atoms with Gasteiger partial charge in [0, 0.05) is 5.56 Å². The highest BCUT2D eigenvalue weighted by Crippen LogP contribution is 2.25. The van der Waals surface area contributed by atoms with Crippen LogP contribution in [-0.4, -0.2) is 12.5 Å². The topological polar surface area (TPSA) is 64.3 Å². The predicted octanol–water partition coefficient (Wildman–Crippen LogP) is 1.34. The van der Waals surface area contributed by atoms with Crippen LogP contribution < -0.4 is 16.0 Å². The van der Waals surface area contributed by atoms with E-state index >= 15 is 0 Å². The SMILES string of the molecule is CCOc1ccc(C(=O)NN)cc1Cl. The van der Waals surface area contributed by atoms with Crippen molar-refractivity contribution in [1.82, 2.24) is 5.43 Å². The number of hydrogen-bond acceptors (Lipinski definition) is 3. The minimum absolute atomic E-state index is 0.380. The number of amides is 1. The highest BCUT2D eigenvalue weighted by molar-refractivity contribution is 6.32. The molecule has 0 spiro atoms. The Labute approximate surface area is 87.0 Å². The molecule has 5 heteroatoms. The lowest BCUT2D eigenvalue weighted by Gasteiger charge is -2.06. The van der Waals surface area contributed by atoms with Gasteiger partial charge in [0.2, 0.25) is 0 Å². The van der Waals surface area contributed by atoms with Crippen molar-refractivity contribution in [1.29, 1.82) is 0 Å². The Balaban J connectivity index is 2.94. The van der Waals surface area contributed by atoms with E-state index in [4.69, 9.17) is 22.2 Å². The number of hydrogen-bond donors (Lipinski definition) is 2. The number of carbonyl (C=O) groups is 1. The number of nitrogens with one attached hydrogen (secondary N) is 1. The van der Waals surface area contributed by atoms with Crippen molar-refractivity contribution < 1.29 is 9.53 Å². The fourth-order valence-electron chi connectivity index (χ4n) is 0.998. The smallest absolute Gasteiger partial charge is 0.265 e. The zero-order chi connectivity index (χ0) is 10.6. The van der Waals surface area contributed by atoms with Crippen LogP contribution in [0.1, 0.15) is 17.3 Å². The zero-order valence-electron chi connectivity index (χ0n) is 7.71. The van der Waals surface area contributed by atoms with Crippen molar-refractivity contribution in [2.24, 2.45) is 5.84 Å². The summed E-state index contributed by atoms with van der Waals surface area (Å²) < 4.78 is 5.21. The first-order chi connectivity index (χ1) is 6.69.